The molecular weight excluding hydrogens is 334 g/mol. The van der Waals surface area contributed by atoms with Crippen LogP contribution < -0.4 is 5.32 Å². The van der Waals surface area contributed by atoms with Gasteiger partial charge >= 0.3 is 0 Å². The van der Waals surface area contributed by atoms with Gasteiger partial charge in [-0.15, -0.1) is 0 Å². The van der Waals surface area contributed by atoms with Crippen molar-refractivity contribution in [3.63, 3.8) is 0 Å². The van der Waals surface area contributed by atoms with Crippen molar-refractivity contribution < 1.29 is 20.1 Å². The molecule has 0 aliphatic carbocycles. The van der Waals surface area contributed by atoms with Gasteiger partial charge in [0.05, 0.1) is 0 Å². The van der Waals surface area contributed by atoms with E-state index in [-0.39, 0.29) is 5.56 Å². The molecule has 26 heavy (non-hydrogen) atoms. The second kappa shape index (κ2) is 7.63. The Balaban J connectivity index is 1.61. The fourth-order valence-corrected chi connectivity index (χ4v) is 2.90. The normalized spacial score (nSPS) is 15.7. The Morgan fingerprint density at radius 2 is 1.58 bits per heavy atom. The van der Waals surface area contributed by atoms with Crippen LogP contribution >= 0.6 is 0 Å². The van der Waals surface area contributed by atoms with E-state index in [0.717, 1.165) is 44.9 Å². The molecule has 2 aromatic rings. The fraction of sp³-hybridized carbons (Fsp3) is 0.316. The third-order valence-corrected chi connectivity index (χ3v) is 4.55. The molecule has 7 nitrogen and oxygen atoms in total. The number of carbonyl (C=O) groups excluding carboxylic acids is 1. The molecule has 7 heteroatoms. The number of nitrogens with zero attached hydrogens (tertiary/aromatic N) is 2. The summed E-state index contributed by atoms with van der Waals surface area (Å²) in [5, 5.41) is 31.1. The van der Waals surface area contributed by atoms with Crippen molar-refractivity contribution in [2.24, 2.45) is 0 Å². The van der Waals surface area contributed by atoms with Gasteiger partial charge in [-0.3, -0.25) is 9.69 Å². The standard InChI is InChI=1S/C19H23N3O4/c1-21-6-8-22(9-7-21)12-13-2-4-15(5-3-13)20-19(26)14-10-16(23)18(25)17(24)11-14/h2-5,10-11,23-25H,6-9,12H2,1H3,(H,20,26). The van der Waals surface area contributed by atoms with Crippen molar-refractivity contribution in [1.82, 2.24) is 9.80 Å². The zero-order valence-electron chi connectivity index (χ0n) is 14.6. The molecule has 1 aliphatic rings. The van der Waals surface area contributed by atoms with Gasteiger partial charge in [0.15, 0.2) is 17.2 Å². The molecule has 1 fully saturated rings. The average Bonchev–Trinajstić information content (AvgIpc) is 2.62. The van der Waals surface area contributed by atoms with Crippen LogP contribution in [-0.2, 0) is 6.54 Å². The van der Waals surface area contributed by atoms with Gasteiger partial charge in [-0.1, -0.05) is 12.1 Å². The first-order chi connectivity index (χ1) is 12.4. The monoisotopic (exact) mass is 357 g/mol. The van der Waals surface area contributed by atoms with Crippen LogP contribution in [0.25, 0.3) is 0 Å². The number of rotatable bonds is 4. The summed E-state index contributed by atoms with van der Waals surface area (Å²) in [6.07, 6.45) is 0. The van der Waals surface area contributed by atoms with Crippen molar-refractivity contribution in [1.29, 1.82) is 0 Å². The quantitative estimate of drug-likeness (QED) is 0.623. The van der Waals surface area contributed by atoms with Crippen molar-refractivity contribution in [2.75, 3.05) is 38.5 Å². The van der Waals surface area contributed by atoms with Gasteiger partial charge in [-0.2, -0.15) is 0 Å². The predicted molar refractivity (Wildman–Crippen MR) is 98.6 cm³/mol. The number of hydrogen-bond acceptors (Lipinski definition) is 6. The molecule has 0 radical (unpaired) electrons. The van der Waals surface area contributed by atoms with Crippen molar-refractivity contribution in [2.45, 2.75) is 6.54 Å². The first-order valence-corrected chi connectivity index (χ1v) is 8.48. The lowest BCUT2D eigenvalue weighted by atomic mass is 10.1. The van der Waals surface area contributed by atoms with E-state index >= 15 is 0 Å². The van der Waals surface area contributed by atoms with Crippen LogP contribution in [0.3, 0.4) is 0 Å². The molecule has 0 unspecified atom stereocenters. The Morgan fingerprint density at radius 1 is 1.00 bits per heavy atom. The fourth-order valence-electron chi connectivity index (χ4n) is 2.90. The molecule has 1 aliphatic heterocycles. The minimum atomic E-state index is -0.644. The summed E-state index contributed by atoms with van der Waals surface area (Å²) in [4.78, 5) is 16.9. The van der Waals surface area contributed by atoms with Crippen LogP contribution in [0.2, 0.25) is 0 Å². The molecule has 4 N–H and O–H groups in total. The second-order valence-electron chi connectivity index (χ2n) is 6.59. The van der Waals surface area contributed by atoms with Crippen LogP contribution in [0.5, 0.6) is 17.2 Å². The summed E-state index contributed by atoms with van der Waals surface area (Å²) in [6.45, 7) is 5.11. The summed E-state index contributed by atoms with van der Waals surface area (Å²) >= 11 is 0. The SMILES string of the molecule is CN1CCN(Cc2ccc(NC(=O)c3cc(O)c(O)c(O)c3)cc2)CC1. The molecule has 0 saturated carbocycles. The molecule has 1 amide bonds. The zero-order chi connectivity index (χ0) is 18.7. The highest BCUT2D eigenvalue weighted by Gasteiger charge is 2.15. The summed E-state index contributed by atoms with van der Waals surface area (Å²) in [6, 6.07) is 9.80. The molecule has 3 rings (SSSR count). The van der Waals surface area contributed by atoms with E-state index in [1.54, 1.807) is 0 Å². The van der Waals surface area contributed by atoms with Crippen molar-refractivity contribution in [3.8, 4) is 17.2 Å². The number of benzene rings is 2. The number of aromatic hydroxyl groups is 3. The van der Waals surface area contributed by atoms with Crippen LogP contribution in [0.4, 0.5) is 5.69 Å². The molecule has 0 aromatic heterocycles. The first kappa shape index (κ1) is 18.0. The lowest BCUT2D eigenvalue weighted by Gasteiger charge is -2.32. The van der Waals surface area contributed by atoms with Crippen LogP contribution in [0.15, 0.2) is 36.4 Å². The highest BCUT2D eigenvalue weighted by molar-refractivity contribution is 6.05. The summed E-state index contributed by atoms with van der Waals surface area (Å²) in [5.41, 5.74) is 1.84. The Bertz CT molecular complexity index is 761. The average molecular weight is 357 g/mol. The summed E-state index contributed by atoms with van der Waals surface area (Å²) in [5.74, 6) is -2.22. The number of phenolic OH excluding ortho intramolecular Hbond substituents is 3. The first-order valence-electron chi connectivity index (χ1n) is 8.48. The zero-order valence-corrected chi connectivity index (χ0v) is 14.6. The van der Waals surface area contributed by atoms with E-state index in [4.69, 9.17) is 0 Å². The highest BCUT2D eigenvalue weighted by atomic mass is 16.3. The van der Waals surface area contributed by atoms with Crippen LogP contribution in [0, 0.1) is 0 Å². The van der Waals surface area contributed by atoms with Gasteiger partial charge in [-0.25, -0.2) is 0 Å². The van der Waals surface area contributed by atoms with Gasteiger partial charge in [0, 0.05) is 44.0 Å². The van der Waals surface area contributed by atoms with E-state index in [2.05, 4.69) is 22.2 Å². The van der Waals surface area contributed by atoms with Crippen molar-refractivity contribution in [3.05, 3.63) is 47.5 Å². The Hall–Kier alpha value is -2.77. The smallest absolute Gasteiger partial charge is 0.255 e. The third kappa shape index (κ3) is 4.25. The molecule has 0 atom stereocenters. The number of nitrogens with one attached hydrogen (secondary N) is 1. The van der Waals surface area contributed by atoms with Gasteiger partial charge in [-0.05, 0) is 36.9 Å². The lowest BCUT2D eigenvalue weighted by Crippen LogP contribution is -2.43. The van der Waals surface area contributed by atoms with Gasteiger partial charge in [0.2, 0.25) is 0 Å². The maximum atomic E-state index is 12.2. The molecule has 1 heterocycles. The number of carbonyl (C=O) groups is 1. The third-order valence-electron chi connectivity index (χ3n) is 4.55. The largest absolute Gasteiger partial charge is 0.504 e. The maximum Gasteiger partial charge on any atom is 0.255 e. The van der Waals surface area contributed by atoms with E-state index < -0.39 is 23.2 Å². The second-order valence-corrected chi connectivity index (χ2v) is 6.59. The minimum Gasteiger partial charge on any atom is -0.504 e. The Morgan fingerprint density at radius 3 is 2.15 bits per heavy atom. The maximum absolute atomic E-state index is 12.2. The summed E-state index contributed by atoms with van der Waals surface area (Å²) in [7, 11) is 2.13. The van der Waals surface area contributed by atoms with E-state index in [1.165, 1.54) is 5.56 Å². The highest BCUT2D eigenvalue weighted by Crippen LogP contribution is 2.35. The number of anilines is 1. The summed E-state index contributed by atoms with van der Waals surface area (Å²) < 4.78 is 0. The molecule has 0 spiro atoms. The van der Waals surface area contributed by atoms with E-state index in [1.807, 2.05) is 24.3 Å². The molecule has 2 aromatic carbocycles. The van der Waals surface area contributed by atoms with Crippen LogP contribution in [0.1, 0.15) is 15.9 Å². The van der Waals surface area contributed by atoms with Crippen LogP contribution in [-0.4, -0.2) is 64.3 Å². The van der Waals surface area contributed by atoms with Crippen molar-refractivity contribution >= 4 is 11.6 Å². The number of likely N-dealkylation sites (N-methyl/N-ethyl adjacent to an activating group) is 1. The van der Waals surface area contributed by atoms with E-state index in [0.29, 0.717) is 5.69 Å². The minimum absolute atomic E-state index is 0.0549. The van der Waals surface area contributed by atoms with E-state index in [9.17, 15) is 20.1 Å². The molecular formula is C19H23N3O4. The number of amides is 1. The van der Waals surface area contributed by atoms with Gasteiger partial charge in [0.1, 0.15) is 0 Å². The predicted octanol–water partition coefficient (Wildman–Crippen LogP) is 1.80. The Labute approximate surface area is 152 Å². The molecule has 0 bridgehead atoms. The topological polar surface area (TPSA) is 96.3 Å². The number of piperazine rings is 1. The Kier molecular flexibility index (Phi) is 5.29. The molecule has 1 saturated heterocycles. The lowest BCUT2D eigenvalue weighted by molar-refractivity contribution is 0.102. The number of hydrogen-bond donors (Lipinski definition) is 4. The van der Waals surface area contributed by atoms with Gasteiger partial charge < -0.3 is 25.5 Å². The van der Waals surface area contributed by atoms with Gasteiger partial charge in [0.25, 0.3) is 5.91 Å². The number of phenols is 3. The molecule has 138 valence electrons.